The third kappa shape index (κ3) is 9.52. The third-order valence-electron chi connectivity index (χ3n) is 5.76. The molecule has 0 aliphatic heterocycles. The van der Waals surface area contributed by atoms with Crippen molar-refractivity contribution in [1.29, 1.82) is 0 Å². The van der Waals surface area contributed by atoms with Crippen LogP contribution in [0.4, 0.5) is 0 Å². The molecule has 0 radical (unpaired) electrons. The summed E-state index contributed by atoms with van der Waals surface area (Å²) in [5.74, 6) is 2.08. The van der Waals surface area contributed by atoms with Crippen LogP contribution in [0.2, 0.25) is 0 Å². The van der Waals surface area contributed by atoms with Crippen molar-refractivity contribution >= 4 is 0 Å². The molecule has 0 fully saturated rings. The molecule has 0 saturated heterocycles. The molecule has 1 nitrogen and oxygen atoms in total. The molecule has 0 unspecified atom stereocenters. The Morgan fingerprint density at radius 1 is 0.483 bits per heavy atom. The largest absolute Gasteiger partial charge is 0.457 e. The van der Waals surface area contributed by atoms with Crippen LogP contribution in [0.3, 0.4) is 0 Å². The molecule has 0 N–H and O–H groups in total. The SMILES string of the molecule is CCCCCCCCc1ccccc1Oc1ccccc1CCCCCCCC. The van der Waals surface area contributed by atoms with E-state index in [1.807, 2.05) is 0 Å². The number of unbranched alkanes of at least 4 members (excludes halogenated alkanes) is 10. The predicted octanol–water partition coefficient (Wildman–Crippen LogP) is 9.28. The van der Waals surface area contributed by atoms with Gasteiger partial charge in [-0.1, -0.05) is 114 Å². The molecule has 160 valence electrons. The lowest BCUT2D eigenvalue weighted by Crippen LogP contribution is -1.96. The van der Waals surface area contributed by atoms with Crippen molar-refractivity contribution in [2.45, 2.75) is 104 Å². The number of hydrogen-bond donors (Lipinski definition) is 0. The van der Waals surface area contributed by atoms with Gasteiger partial charge >= 0.3 is 0 Å². The van der Waals surface area contributed by atoms with Gasteiger partial charge in [0.1, 0.15) is 11.5 Å². The molecule has 0 heterocycles. The second kappa shape index (κ2) is 15.1. The zero-order chi connectivity index (χ0) is 20.6. The summed E-state index contributed by atoms with van der Waals surface area (Å²) in [6.45, 7) is 4.55. The van der Waals surface area contributed by atoms with Crippen LogP contribution in [0.25, 0.3) is 0 Å². The summed E-state index contributed by atoms with van der Waals surface area (Å²) in [7, 11) is 0. The highest BCUT2D eigenvalue weighted by molar-refractivity contribution is 5.41. The van der Waals surface area contributed by atoms with E-state index >= 15 is 0 Å². The fraction of sp³-hybridized carbons (Fsp3) is 0.571. The normalized spacial score (nSPS) is 11.0. The Bertz CT molecular complexity index is 603. The van der Waals surface area contributed by atoms with Crippen LogP contribution in [0.1, 0.15) is 102 Å². The summed E-state index contributed by atoms with van der Waals surface area (Å²) < 4.78 is 6.43. The van der Waals surface area contributed by atoms with Gasteiger partial charge in [-0.05, 0) is 48.9 Å². The van der Waals surface area contributed by atoms with Crippen LogP contribution in [-0.2, 0) is 12.8 Å². The van der Waals surface area contributed by atoms with Gasteiger partial charge in [0.25, 0.3) is 0 Å². The van der Waals surface area contributed by atoms with Crippen molar-refractivity contribution < 1.29 is 4.74 Å². The Hall–Kier alpha value is -1.76. The molecule has 2 aromatic rings. The first-order valence-electron chi connectivity index (χ1n) is 12.2. The minimum absolute atomic E-state index is 1.04. The van der Waals surface area contributed by atoms with Gasteiger partial charge in [0.15, 0.2) is 0 Å². The van der Waals surface area contributed by atoms with Crippen molar-refractivity contribution in [3.63, 3.8) is 0 Å². The lowest BCUT2D eigenvalue weighted by Gasteiger charge is -2.14. The summed E-state index contributed by atoms with van der Waals surface area (Å²) >= 11 is 0. The summed E-state index contributed by atoms with van der Waals surface area (Å²) in [4.78, 5) is 0. The minimum Gasteiger partial charge on any atom is -0.457 e. The standard InChI is InChI=1S/C28H42O/c1-3-5-7-9-11-13-19-25-21-15-17-23-27(25)29-28-24-18-16-22-26(28)20-14-12-10-8-6-4-2/h15-18,21-24H,3-14,19-20H2,1-2H3. The highest BCUT2D eigenvalue weighted by atomic mass is 16.5. The molecule has 0 aliphatic carbocycles. The van der Waals surface area contributed by atoms with Gasteiger partial charge in [-0.25, -0.2) is 0 Å². The van der Waals surface area contributed by atoms with Crippen LogP contribution < -0.4 is 4.74 Å². The fourth-order valence-electron chi connectivity index (χ4n) is 3.93. The molecule has 0 spiro atoms. The van der Waals surface area contributed by atoms with Gasteiger partial charge in [-0.2, -0.15) is 0 Å². The van der Waals surface area contributed by atoms with Gasteiger partial charge in [0.2, 0.25) is 0 Å². The topological polar surface area (TPSA) is 9.23 Å². The first-order valence-corrected chi connectivity index (χ1v) is 12.2. The second-order valence-corrected chi connectivity index (χ2v) is 8.35. The van der Waals surface area contributed by atoms with E-state index in [1.54, 1.807) is 0 Å². The van der Waals surface area contributed by atoms with E-state index in [2.05, 4.69) is 62.4 Å². The molecular weight excluding hydrogens is 352 g/mol. The molecule has 1 heteroatoms. The maximum atomic E-state index is 6.43. The van der Waals surface area contributed by atoms with Gasteiger partial charge in [0.05, 0.1) is 0 Å². The summed E-state index contributed by atoms with van der Waals surface area (Å²) in [5.41, 5.74) is 2.69. The van der Waals surface area contributed by atoms with E-state index < -0.39 is 0 Å². The summed E-state index contributed by atoms with van der Waals surface area (Å²) in [6, 6.07) is 17.2. The first-order chi connectivity index (χ1) is 14.3. The van der Waals surface area contributed by atoms with Gasteiger partial charge in [-0.15, -0.1) is 0 Å². The van der Waals surface area contributed by atoms with E-state index in [0.717, 1.165) is 24.3 Å². The molecule has 0 aliphatic rings. The van der Waals surface area contributed by atoms with Crippen LogP contribution >= 0.6 is 0 Å². The molecule has 0 bridgehead atoms. The maximum absolute atomic E-state index is 6.43. The molecule has 2 aromatic carbocycles. The Balaban J connectivity index is 1.87. The van der Waals surface area contributed by atoms with Crippen molar-refractivity contribution in [1.82, 2.24) is 0 Å². The Labute approximate surface area is 179 Å². The number of ether oxygens (including phenoxy) is 1. The Morgan fingerprint density at radius 3 is 1.31 bits per heavy atom. The van der Waals surface area contributed by atoms with Crippen LogP contribution in [0.15, 0.2) is 48.5 Å². The number of benzene rings is 2. The average molecular weight is 395 g/mol. The van der Waals surface area contributed by atoms with E-state index in [1.165, 1.54) is 88.2 Å². The fourth-order valence-corrected chi connectivity index (χ4v) is 3.93. The van der Waals surface area contributed by atoms with Crippen molar-refractivity contribution in [3.8, 4) is 11.5 Å². The van der Waals surface area contributed by atoms with Gasteiger partial charge < -0.3 is 4.74 Å². The van der Waals surface area contributed by atoms with E-state index in [4.69, 9.17) is 4.74 Å². The van der Waals surface area contributed by atoms with Gasteiger partial charge in [0, 0.05) is 0 Å². The quantitative estimate of drug-likeness (QED) is 0.258. The Kier molecular flexibility index (Phi) is 12.3. The number of aryl methyl sites for hydroxylation is 2. The first kappa shape index (κ1) is 23.5. The number of hydrogen-bond acceptors (Lipinski definition) is 1. The minimum atomic E-state index is 1.04. The maximum Gasteiger partial charge on any atom is 0.130 e. The predicted molar refractivity (Wildman–Crippen MR) is 127 cm³/mol. The van der Waals surface area contributed by atoms with Crippen molar-refractivity contribution in [2.75, 3.05) is 0 Å². The highest BCUT2D eigenvalue weighted by Gasteiger charge is 2.08. The monoisotopic (exact) mass is 394 g/mol. The van der Waals surface area contributed by atoms with E-state index in [0.29, 0.717) is 0 Å². The smallest absolute Gasteiger partial charge is 0.130 e. The summed E-state index contributed by atoms with van der Waals surface area (Å²) in [6.07, 6.45) is 18.2. The van der Waals surface area contributed by atoms with Crippen LogP contribution in [0.5, 0.6) is 11.5 Å². The number of para-hydroxylation sites is 2. The van der Waals surface area contributed by atoms with E-state index in [-0.39, 0.29) is 0 Å². The molecule has 0 amide bonds. The van der Waals surface area contributed by atoms with Crippen molar-refractivity contribution in [2.24, 2.45) is 0 Å². The molecule has 0 atom stereocenters. The molecule has 0 aromatic heterocycles. The molecular formula is C28H42O. The van der Waals surface area contributed by atoms with E-state index in [9.17, 15) is 0 Å². The molecule has 2 rings (SSSR count). The van der Waals surface area contributed by atoms with Gasteiger partial charge in [-0.3, -0.25) is 0 Å². The van der Waals surface area contributed by atoms with Crippen LogP contribution in [-0.4, -0.2) is 0 Å². The summed E-state index contributed by atoms with van der Waals surface area (Å²) in [5, 5.41) is 0. The zero-order valence-electron chi connectivity index (χ0n) is 18.9. The van der Waals surface area contributed by atoms with Crippen LogP contribution in [0, 0.1) is 0 Å². The third-order valence-corrected chi connectivity index (χ3v) is 5.76. The lowest BCUT2D eigenvalue weighted by molar-refractivity contribution is 0.466. The zero-order valence-corrected chi connectivity index (χ0v) is 18.9. The Morgan fingerprint density at radius 2 is 0.862 bits per heavy atom. The average Bonchev–Trinajstić information content (AvgIpc) is 2.75. The molecule has 0 saturated carbocycles. The number of rotatable bonds is 16. The van der Waals surface area contributed by atoms with Crippen molar-refractivity contribution in [3.05, 3.63) is 59.7 Å². The molecule has 29 heavy (non-hydrogen) atoms. The highest BCUT2D eigenvalue weighted by Crippen LogP contribution is 2.30. The lowest BCUT2D eigenvalue weighted by atomic mass is 10.0. The second-order valence-electron chi connectivity index (χ2n) is 8.35.